The fourth-order valence-corrected chi connectivity index (χ4v) is 4.23. The normalized spacial score (nSPS) is 14.7. The molecule has 0 aliphatic heterocycles. The van der Waals surface area contributed by atoms with Gasteiger partial charge in [0.2, 0.25) is 5.13 Å². The summed E-state index contributed by atoms with van der Waals surface area (Å²) in [7, 11) is 1.55. The molecular weight excluding hydrogens is 458 g/mol. The molecule has 10 heteroatoms. The van der Waals surface area contributed by atoms with Gasteiger partial charge in [0.15, 0.2) is 18.1 Å². The van der Waals surface area contributed by atoms with E-state index in [2.05, 4.69) is 36.8 Å². The molecule has 0 unspecified atom stereocenters. The third-order valence-electron chi connectivity index (χ3n) is 4.47. The number of carbonyl (C=O) groups excluding carboxylic acids is 1. The fraction of sp³-hybridized carbons (Fsp3) is 0.421. The third kappa shape index (κ3) is 6.33. The summed E-state index contributed by atoms with van der Waals surface area (Å²) in [5.41, 5.74) is 9.18. The van der Waals surface area contributed by atoms with Crippen LogP contribution in [0.25, 0.3) is 0 Å². The molecule has 1 heterocycles. The van der Waals surface area contributed by atoms with Crippen molar-refractivity contribution in [2.24, 2.45) is 5.10 Å². The van der Waals surface area contributed by atoms with E-state index in [-0.39, 0.29) is 18.6 Å². The van der Waals surface area contributed by atoms with Crippen LogP contribution in [0.1, 0.15) is 37.7 Å². The van der Waals surface area contributed by atoms with Crippen LogP contribution >= 0.6 is 27.3 Å². The number of anilines is 2. The molecule has 1 amide bonds. The number of nitrogens with one attached hydrogen (secondary N) is 2. The van der Waals surface area contributed by atoms with E-state index in [0.29, 0.717) is 26.9 Å². The molecule has 1 saturated carbocycles. The number of hydrazone groups is 1. The largest absolute Gasteiger partial charge is 0.493 e. The predicted octanol–water partition coefficient (Wildman–Crippen LogP) is 3.77. The monoisotopic (exact) mass is 481 g/mol. The Bertz CT molecular complexity index is 868. The summed E-state index contributed by atoms with van der Waals surface area (Å²) < 4.78 is 11.8. The standard InChI is InChI=1S/C19H24BrN5O3S/c1-27-15-8-12(9-22-25-19-24-16(21)11-29-19)7-14(20)18(15)28-10-17(26)23-13-5-3-2-4-6-13/h7-9,11,13H,2-6,10,21H2,1H3,(H,23,26)(H,24,25). The van der Waals surface area contributed by atoms with Crippen LogP contribution < -0.4 is 25.9 Å². The zero-order chi connectivity index (χ0) is 20.6. The Balaban J connectivity index is 1.59. The average Bonchev–Trinajstić information content (AvgIpc) is 3.12. The number of ether oxygens (including phenoxy) is 2. The highest BCUT2D eigenvalue weighted by Crippen LogP contribution is 2.36. The topological polar surface area (TPSA) is 111 Å². The molecule has 0 saturated heterocycles. The number of halogens is 1. The summed E-state index contributed by atoms with van der Waals surface area (Å²) in [6.45, 7) is -0.0636. The van der Waals surface area contributed by atoms with Crippen LogP contribution in [0.2, 0.25) is 0 Å². The Labute approximate surface area is 182 Å². The lowest BCUT2D eigenvalue weighted by Gasteiger charge is -2.23. The molecule has 1 aromatic heterocycles. The first-order chi connectivity index (χ1) is 14.0. The Hall–Kier alpha value is -2.33. The van der Waals surface area contributed by atoms with Crippen molar-refractivity contribution in [2.75, 3.05) is 24.9 Å². The van der Waals surface area contributed by atoms with Crippen molar-refractivity contribution < 1.29 is 14.3 Å². The maximum atomic E-state index is 12.2. The van der Waals surface area contributed by atoms with Gasteiger partial charge in [0.25, 0.3) is 5.91 Å². The molecule has 0 radical (unpaired) electrons. The minimum Gasteiger partial charge on any atom is -0.493 e. The van der Waals surface area contributed by atoms with Crippen LogP contribution in [-0.2, 0) is 4.79 Å². The van der Waals surface area contributed by atoms with Gasteiger partial charge in [-0.15, -0.1) is 11.3 Å². The molecule has 4 N–H and O–H groups in total. The van der Waals surface area contributed by atoms with Crippen molar-refractivity contribution in [3.63, 3.8) is 0 Å². The number of thiazole rings is 1. The number of hydrogen-bond acceptors (Lipinski definition) is 8. The first-order valence-corrected chi connectivity index (χ1v) is 11.0. The second-order valence-corrected chi connectivity index (χ2v) is 8.39. The van der Waals surface area contributed by atoms with Crippen molar-refractivity contribution >= 4 is 50.3 Å². The summed E-state index contributed by atoms with van der Waals surface area (Å²) in [4.78, 5) is 16.3. The van der Waals surface area contributed by atoms with Crippen LogP contribution in [0, 0.1) is 0 Å². The van der Waals surface area contributed by atoms with Gasteiger partial charge in [0.1, 0.15) is 5.82 Å². The van der Waals surface area contributed by atoms with Gasteiger partial charge in [0.05, 0.1) is 17.8 Å². The molecular formula is C19H24BrN5O3S. The minimum absolute atomic E-state index is 0.0636. The summed E-state index contributed by atoms with van der Waals surface area (Å²) in [5.74, 6) is 1.31. The Morgan fingerprint density at radius 3 is 2.90 bits per heavy atom. The summed E-state index contributed by atoms with van der Waals surface area (Å²) in [5, 5.41) is 9.52. The van der Waals surface area contributed by atoms with E-state index in [1.807, 2.05) is 6.07 Å². The van der Waals surface area contributed by atoms with Crippen LogP contribution in [-0.4, -0.2) is 36.9 Å². The molecule has 156 valence electrons. The van der Waals surface area contributed by atoms with E-state index in [4.69, 9.17) is 15.2 Å². The highest BCUT2D eigenvalue weighted by Gasteiger charge is 2.17. The summed E-state index contributed by atoms with van der Waals surface area (Å²) >= 11 is 4.85. The van der Waals surface area contributed by atoms with E-state index in [1.54, 1.807) is 24.8 Å². The van der Waals surface area contributed by atoms with Crippen molar-refractivity contribution in [3.05, 3.63) is 27.5 Å². The molecule has 3 rings (SSSR count). The molecule has 0 spiro atoms. The van der Waals surface area contributed by atoms with E-state index >= 15 is 0 Å². The first kappa shape index (κ1) is 21.4. The maximum Gasteiger partial charge on any atom is 0.258 e. The van der Waals surface area contributed by atoms with Crippen LogP contribution in [0.3, 0.4) is 0 Å². The number of rotatable bonds is 8. The Morgan fingerprint density at radius 2 is 2.21 bits per heavy atom. The van der Waals surface area contributed by atoms with E-state index in [9.17, 15) is 4.79 Å². The van der Waals surface area contributed by atoms with Gasteiger partial charge in [0, 0.05) is 11.4 Å². The lowest BCUT2D eigenvalue weighted by molar-refractivity contribution is -0.124. The SMILES string of the molecule is COc1cc(C=NNc2nc(N)cs2)cc(Br)c1OCC(=O)NC1CCCCC1. The maximum absolute atomic E-state index is 12.2. The molecule has 1 aliphatic rings. The number of nitrogens with two attached hydrogens (primary N) is 1. The molecule has 1 aliphatic carbocycles. The van der Waals surface area contributed by atoms with Gasteiger partial charge < -0.3 is 20.5 Å². The number of nitrogen functional groups attached to an aromatic ring is 1. The third-order valence-corrected chi connectivity index (χ3v) is 5.82. The molecule has 1 fully saturated rings. The first-order valence-electron chi connectivity index (χ1n) is 9.35. The Kier molecular flexibility index (Phi) is 7.70. The van der Waals surface area contributed by atoms with Gasteiger partial charge >= 0.3 is 0 Å². The van der Waals surface area contributed by atoms with Crippen LogP contribution in [0.5, 0.6) is 11.5 Å². The highest BCUT2D eigenvalue weighted by atomic mass is 79.9. The number of hydrogen-bond donors (Lipinski definition) is 3. The molecule has 29 heavy (non-hydrogen) atoms. The molecule has 0 bridgehead atoms. The number of methoxy groups -OCH3 is 1. The Morgan fingerprint density at radius 1 is 1.41 bits per heavy atom. The number of amides is 1. The quantitative estimate of drug-likeness (QED) is 0.390. The zero-order valence-electron chi connectivity index (χ0n) is 16.1. The second kappa shape index (κ2) is 10.4. The zero-order valence-corrected chi connectivity index (χ0v) is 18.5. The van der Waals surface area contributed by atoms with E-state index in [1.165, 1.54) is 30.6 Å². The van der Waals surface area contributed by atoms with Crippen LogP contribution in [0.4, 0.5) is 10.9 Å². The second-order valence-electron chi connectivity index (χ2n) is 6.67. The van der Waals surface area contributed by atoms with Crippen molar-refractivity contribution in [1.29, 1.82) is 0 Å². The lowest BCUT2D eigenvalue weighted by Crippen LogP contribution is -2.39. The number of carbonyl (C=O) groups is 1. The number of nitrogens with zero attached hydrogens (tertiary/aromatic N) is 2. The summed E-state index contributed by atoms with van der Waals surface area (Å²) in [6, 6.07) is 3.86. The average molecular weight is 482 g/mol. The minimum atomic E-state index is -0.122. The molecule has 0 atom stereocenters. The lowest BCUT2D eigenvalue weighted by atomic mass is 9.95. The van der Waals surface area contributed by atoms with Gasteiger partial charge in [-0.1, -0.05) is 19.3 Å². The van der Waals surface area contributed by atoms with Crippen molar-refractivity contribution in [3.8, 4) is 11.5 Å². The van der Waals surface area contributed by atoms with Crippen LogP contribution in [0.15, 0.2) is 27.1 Å². The van der Waals surface area contributed by atoms with E-state index < -0.39 is 0 Å². The molecule has 8 nitrogen and oxygen atoms in total. The molecule has 1 aromatic carbocycles. The van der Waals surface area contributed by atoms with Gasteiger partial charge in [-0.05, 0) is 46.5 Å². The number of benzene rings is 1. The number of aromatic nitrogens is 1. The van der Waals surface area contributed by atoms with Crippen molar-refractivity contribution in [1.82, 2.24) is 10.3 Å². The summed E-state index contributed by atoms with van der Waals surface area (Å²) in [6.07, 6.45) is 7.28. The smallest absolute Gasteiger partial charge is 0.258 e. The van der Waals surface area contributed by atoms with E-state index in [0.717, 1.165) is 18.4 Å². The predicted molar refractivity (Wildman–Crippen MR) is 119 cm³/mol. The molecule has 2 aromatic rings. The van der Waals surface area contributed by atoms with Gasteiger partial charge in [-0.3, -0.25) is 10.2 Å². The van der Waals surface area contributed by atoms with Gasteiger partial charge in [-0.2, -0.15) is 5.10 Å². The van der Waals surface area contributed by atoms with Gasteiger partial charge in [-0.25, -0.2) is 4.98 Å². The van der Waals surface area contributed by atoms with Crippen molar-refractivity contribution in [2.45, 2.75) is 38.1 Å². The highest BCUT2D eigenvalue weighted by molar-refractivity contribution is 9.10. The fourth-order valence-electron chi connectivity index (χ4n) is 3.11.